The fourth-order valence-electron chi connectivity index (χ4n) is 3.61. The summed E-state index contributed by atoms with van der Waals surface area (Å²) < 4.78 is 16.1. The van der Waals surface area contributed by atoms with Crippen molar-refractivity contribution in [1.29, 1.82) is 0 Å². The first-order valence-corrected chi connectivity index (χ1v) is 10.0. The molecule has 1 saturated heterocycles. The molecule has 0 spiro atoms. The number of piperidine rings is 1. The smallest absolute Gasteiger partial charge is 0.266 e. The van der Waals surface area contributed by atoms with E-state index in [0.717, 1.165) is 49.9 Å². The molecule has 0 amide bonds. The highest BCUT2D eigenvalue weighted by Crippen LogP contribution is 2.28. The van der Waals surface area contributed by atoms with Crippen LogP contribution in [0.1, 0.15) is 44.1 Å². The van der Waals surface area contributed by atoms with Crippen LogP contribution in [-0.2, 0) is 6.42 Å². The average molecular weight is 389 g/mol. The van der Waals surface area contributed by atoms with Gasteiger partial charge in [0.15, 0.2) is 11.5 Å². The van der Waals surface area contributed by atoms with E-state index in [2.05, 4.69) is 53.0 Å². The van der Waals surface area contributed by atoms with Gasteiger partial charge in [-0.1, -0.05) is 19.9 Å². The van der Waals surface area contributed by atoms with Crippen LogP contribution < -0.4 is 14.4 Å². The molecule has 7 nitrogen and oxygen atoms in total. The third-order valence-electron chi connectivity index (χ3n) is 5.43. The lowest BCUT2D eigenvalue weighted by Gasteiger charge is -2.37. The normalized spacial score (nSPS) is 17.4. The quantitative estimate of drug-likeness (QED) is 0.687. The number of hydrogen-bond donors (Lipinski definition) is 0. The second kappa shape index (κ2) is 9.28. The lowest BCUT2D eigenvalue weighted by atomic mass is 10.0. The monoisotopic (exact) mass is 388 g/mol. The number of benzene rings is 1. The molecule has 1 aliphatic rings. The Labute approximate surface area is 167 Å². The molecule has 0 aliphatic carbocycles. The van der Waals surface area contributed by atoms with E-state index in [1.54, 1.807) is 14.2 Å². The first kappa shape index (κ1) is 20.5. The summed E-state index contributed by atoms with van der Waals surface area (Å²) in [4.78, 5) is 9.24. The topological polar surface area (TPSA) is 63.9 Å². The number of nitrogens with zero attached hydrogens (tertiary/aromatic N) is 4. The summed E-state index contributed by atoms with van der Waals surface area (Å²) in [5.74, 6) is 3.24. The van der Waals surface area contributed by atoms with E-state index in [1.807, 2.05) is 6.07 Å². The van der Waals surface area contributed by atoms with Crippen LogP contribution in [0.15, 0.2) is 22.7 Å². The second-order valence-corrected chi connectivity index (χ2v) is 7.75. The maximum atomic E-state index is 5.41. The molecule has 0 N–H and O–H groups in total. The van der Waals surface area contributed by atoms with E-state index in [0.29, 0.717) is 11.9 Å². The van der Waals surface area contributed by atoms with E-state index in [9.17, 15) is 0 Å². The Morgan fingerprint density at radius 3 is 2.71 bits per heavy atom. The van der Waals surface area contributed by atoms with Gasteiger partial charge in [0.25, 0.3) is 5.95 Å². The molecule has 7 heteroatoms. The third-order valence-corrected chi connectivity index (χ3v) is 5.43. The largest absolute Gasteiger partial charge is 0.493 e. The highest BCUT2D eigenvalue weighted by atomic mass is 16.5. The maximum Gasteiger partial charge on any atom is 0.266 e. The number of anilines is 1. The summed E-state index contributed by atoms with van der Waals surface area (Å²) in [5.41, 5.74) is 1.25. The molecule has 1 aromatic carbocycles. The molecule has 3 rings (SSSR count). The number of rotatable bonds is 8. The summed E-state index contributed by atoms with van der Waals surface area (Å²) in [5, 5.41) is 4.18. The van der Waals surface area contributed by atoms with Crippen molar-refractivity contribution in [2.45, 2.75) is 45.1 Å². The zero-order chi connectivity index (χ0) is 20.1. The highest BCUT2D eigenvalue weighted by Gasteiger charge is 2.26. The van der Waals surface area contributed by atoms with Crippen LogP contribution in [0.3, 0.4) is 0 Å². The maximum absolute atomic E-state index is 5.41. The van der Waals surface area contributed by atoms with Crippen molar-refractivity contribution in [2.75, 3.05) is 45.8 Å². The Bertz CT molecular complexity index is 762. The molecule has 0 unspecified atom stereocenters. The van der Waals surface area contributed by atoms with Gasteiger partial charge in [-0.05, 0) is 49.2 Å². The van der Waals surface area contributed by atoms with Gasteiger partial charge in [0, 0.05) is 31.6 Å². The van der Waals surface area contributed by atoms with Crippen LogP contribution in [0.5, 0.6) is 11.5 Å². The molecular weight excluding hydrogens is 356 g/mol. The summed E-state index contributed by atoms with van der Waals surface area (Å²) >= 11 is 0. The molecule has 1 atom stereocenters. The molecule has 28 heavy (non-hydrogen) atoms. The zero-order valence-electron chi connectivity index (χ0n) is 17.6. The molecule has 0 radical (unpaired) electrons. The van der Waals surface area contributed by atoms with Gasteiger partial charge in [-0.25, -0.2) is 0 Å². The number of aromatic nitrogens is 2. The minimum atomic E-state index is 0.256. The number of likely N-dealkylation sites (N-methyl/N-ethyl adjacent to an activating group) is 1. The van der Waals surface area contributed by atoms with Gasteiger partial charge in [-0.15, -0.1) is 0 Å². The fraction of sp³-hybridized carbons (Fsp3) is 0.619. The average Bonchev–Trinajstić information content (AvgIpc) is 3.22. The minimum absolute atomic E-state index is 0.256. The zero-order valence-corrected chi connectivity index (χ0v) is 17.6. The van der Waals surface area contributed by atoms with Crippen molar-refractivity contribution in [3.63, 3.8) is 0 Å². The molecule has 1 aliphatic heterocycles. The Kier molecular flexibility index (Phi) is 6.78. The van der Waals surface area contributed by atoms with Crippen molar-refractivity contribution in [3.8, 4) is 11.5 Å². The Morgan fingerprint density at radius 2 is 2.04 bits per heavy atom. The Hall–Kier alpha value is -2.28. The molecule has 2 aromatic rings. The summed E-state index contributed by atoms with van der Waals surface area (Å²) in [7, 11) is 5.53. The van der Waals surface area contributed by atoms with Gasteiger partial charge < -0.3 is 23.8 Å². The SMILES string of the molecule is COc1ccc(CCN(C)[C@@H]2CCCN(c3noc(C(C)C)n3)C2)cc1OC. The van der Waals surface area contributed by atoms with Crippen LogP contribution >= 0.6 is 0 Å². The summed E-state index contributed by atoms with van der Waals surface area (Å²) in [6, 6.07) is 6.62. The number of ether oxygens (including phenoxy) is 2. The molecule has 0 saturated carbocycles. The van der Waals surface area contributed by atoms with Gasteiger partial charge in [0.05, 0.1) is 14.2 Å². The van der Waals surface area contributed by atoms with Crippen LogP contribution in [0.25, 0.3) is 0 Å². The number of hydrogen-bond acceptors (Lipinski definition) is 7. The van der Waals surface area contributed by atoms with Gasteiger partial charge in [-0.3, -0.25) is 0 Å². The first-order valence-electron chi connectivity index (χ1n) is 10.0. The minimum Gasteiger partial charge on any atom is -0.493 e. The van der Waals surface area contributed by atoms with Crippen molar-refractivity contribution in [1.82, 2.24) is 15.0 Å². The van der Waals surface area contributed by atoms with Gasteiger partial charge in [0.1, 0.15) is 0 Å². The second-order valence-electron chi connectivity index (χ2n) is 7.75. The van der Waals surface area contributed by atoms with Gasteiger partial charge >= 0.3 is 0 Å². The van der Waals surface area contributed by atoms with Crippen LogP contribution in [0.2, 0.25) is 0 Å². The first-order chi connectivity index (χ1) is 13.5. The van der Waals surface area contributed by atoms with E-state index in [1.165, 1.54) is 12.0 Å². The molecule has 2 heterocycles. The molecule has 154 valence electrons. The molecule has 1 fully saturated rings. The third kappa shape index (κ3) is 4.76. The van der Waals surface area contributed by atoms with Crippen LogP contribution in [0.4, 0.5) is 5.95 Å². The van der Waals surface area contributed by atoms with E-state index >= 15 is 0 Å². The molecule has 0 bridgehead atoms. The van der Waals surface area contributed by atoms with E-state index in [4.69, 9.17) is 14.0 Å². The lowest BCUT2D eigenvalue weighted by Crippen LogP contribution is -2.47. The van der Waals surface area contributed by atoms with E-state index < -0.39 is 0 Å². The number of methoxy groups -OCH3 is 2. The molecule has 1 aromatic heterocycles. The predicted octanol–water partition coefficient (Wildman–Crippen LogP) is 3.35. The highest BCUT2D eigenvalue weighted by molar-refractivity contribution is 5.43. The Morgan fingerprint density at radius 1 is 1.25 bits per heavy atom. The predicted molar refractivity (Wildman–Crippen MR) is 110 cm³/mol. The van der Waals surface area contributed by atoms with Gasteiger partial charge in [0.2, 0.25) is 5.89 Å². The summed E-state index contributed by atoms with van der Waals surface area (Å²) in [6.45, 7) is 7.03. The lowest BCUT2D eigenvalue weighted by molar-refractivity contribution is 0.216. The van der Waals surface area contributed by atoms with Crippen molar-refractivity contribution in [3.05, 3.63) is 29.7 Å². The summed E-state index contributed by atoms with van der Waals surface area (Å²) in [6.07, 6.45) is 3.29. The Balaban J connectivity index is 1.57. The van der Waals surface area contributed by atoms with Crippen molar-refractivity contribution in [2.24, 2.45) is 0 Å². The fourth-order valence-corrected chi connectivity index (χ4v) is 3.61. The van der Waals surface area contributed by atoms with E-state index in [-0.39, 0.29) is 5.92 Å². The van der Waals surface area contributed by atoms with Crippen molar-refractivity contribution >= 4 is 5.95 Å². The standard InChI is InChI=1S/C21H32N4O3/c1-15(2)20-22-21(23-28-20)25-11-6-7-17(14-25)24(3)12-10-16-8-9-18(26-4)19(13-16)27-5/h8-9,13,15,17H,6-7,10-12,14H2,1-5H3/t17-/m1/s1. The molecular formula is C21H32N4O3. The van der Waals surface area contributed by atoms with Gasteiger partial charge in [-0.2, -0.15) is 4.98 Å². The van der Waals surface area contributed by atoms with Crippen LogP contribution in [-0.4, -0.2) is 62.0 Å². The van der Waals surface area contributed by atoms with Crippen LogP contribution in [0, 0.1) is 0 Å². The van der Waals surface area contributed by atoms with Crippen molar-refractivity contribution < 1.29 is 14.0 Å².